The van der Waals surface area contributed by atoms with Gasteiger partial charge in [-0.1, -0.05) is 18.0 Å². The number of nitrogens with two attached hydrogens (primary N) is 1. The summed E-state index contributed by atoms with van der Waals surface area (Å²) in [7, 11) is 0. The molecule has 9 nitrogen and oxygen atoms in total. The molecule has 1 saturated heterocycles. The molecule has 0 unspecified atom stereocenters. The molecule has 2 aromatic carbocycles. The lowest BCUT2D eigenvalue weighted by molar-refractivity contribution is 0.0952. The number of hydrogen-bond acceptors (Lipinski definition) is 5. The van der Waals surface area contributed by atoms with Gasteiger partial charge in [0.1, 0.15) is 17.3 Å². The highest BCUT2D eigenvalue weighted by molar-refractivity contribution is 6.34. The number of nitrogens with zero attached hydrogens (tertiary/aromatic N) is 3. The second-order valence-electron chi connectivity index (χ2n) is 8.59. The van der Waals surface area contributed by atoms with Crippen molar-refractivity contribution in [1.29, 1.82) is 0 Å². The Hall–Kier alpha value is -3.83. The van der Waals surface area contributed by atoms with E-state index in [1.54, 1.807) is 0 Å². The van der Waals surface area contributed by atoms with Crippen molar-refractivity contribution in [2.75, 3.05) is 36.4 Å². The Kier molecular flexibility index (Phi) is 8.14. The topological polar surface area (TPSA) is 124 Å². The predicted octanol–water partition coefficient (Wildman–Crippen LogP) is 3.83. The molecule has 0 radical (unpaired) electrons. The molecule has 1 aliphatic heterocycles. The van der Waals surface area contributed by atoms with Crippen molar-refractivity contribution >= 4 is 40.7 Å². The molecule has 37 heavy (non-hydrogen) atoms. The number of aromatic amines is 1. The SMILES string of the molecule is NC(=O)c1[nH]cnc1C(=O)N(CCN1CCCCC1)c1ccc(NC(=O)c2ccc(F)cc2Cl)c(F)c1. The second kappa shape index (κ2) is 11.5. The molecular weight excluding hydrogens is 506 g/mol. The van der Waals surface area contributed by atoms with E-state index in [4.69, 9.17) is 17.3 Å². The van der Waals surface area contributed by atoms with Crippen molar-refractivity contribution in [3.05, 3.63) is 76.3 Å². The quantitative estimate of drug-likeness (QED) is 0.408. The smallest absolute Gasteiger partial charge is 0.279 e. The number of H-pyrrole nitrogens is 1. The number of carbonyl (C=O) groups is 3. The number of imidazole rings is 1. The number of anilines is 2. The number of nitrogens with one attached hydrogen (secondary N) is 2. The Bertz CT molecular complexity index is 1330. The lowest BCUT2D eigenvalue weighted by Crippen LogP contribution is -2.41. The van der Waals surface area contributed by atoms with Crippen molar-refractivity contribution in [1.82, 2.24) is 14.9 Å². The molecule has 0 atom stereocenters. The van der Waals surface area contributed by atoms with Gasteiger partial charge in [-0.15, -0.1) is 0 Å². The van der Waals surface area contributed by atoms with Crippen LogP contribution in [-0.4, -0.2) is 58.8 Å². The van der Waals surface area contributed by atoms with E-state index in [0.717, 1.165) is 50.6 Å². The van der Waals surface area contributed by atoms with E-state index in [0.29, 0.717) is 6.54 Å². The Labute approximate surface area is 216 Å². The molecule has 0 bridgehead atoms. The number of likely N-dealkylation sites (tertiary alicyclic amines) is 1. The zero-order valence-corrected chi connectivity index (χ0v) is 20.5. The Morgan fingerprint density at radius 2 is 1.86 bits per heavy atom. The third kappa shape index (κ3) is 6.12. The number of piperidine rings is 1. The summed E-state index contributed by atoms with van der Waals surface area (Å²) in [6.45, 7) is 2.52. The molecule has 1 aliphatic rings. The molecular formula is C25H25ClF2N6O3. The molecule has 2 heterocycles. The summed E-state index contributed by atoms with van der Waals surface area (Å²) in [5, 5.41) is 2.29. The van der Waals surface area contributed by atoms with Crippen molar-refractivity contribution in [3.63, 3.8) is 0 Å². The van der Waals surface area contributed by atoms with Gasteiger partial charge >= 0.3 is 0 Å². The fraction of sp³-hybridized carbons (Fsp3) is 0.280. The van der Waals surface area contributed by atoms with Gasteiger partial charge in [-0.25, -0.2) is 13.8 Å². The molecule has 0 spiro atoms. The van der Waals surface area contributed by atoms with Gasteiger partial charge in [0.15, 0.2) is 5.69 Å². The van der Waals surface area contributed by atoms with E-state index in [2.05, 4.69) is 20.2 Å². The zero-order chi connectivity index (χ0) is 26.5. The lowest BCUT2D eigenvalue weighted by atomic mass is 10.1. The molecule has 0 aliphatic carbocycles. The fourth-order valence-electron chi connectivity index (χ4n) is 4.18. The van der Waals surface area contributed by atoms with Crippen LogP contribution < -0.4 is 16.0 Å². The van der Waals surface area contributed by atoms with Crippen molar-refractivity contribution in [3.8, 4) is 0 Å². The molecule has 0 saturated carbocycles. The normalized spacial score (nSPS) is 13.8. The summed E-state index contributed by atoms with van der Waals surface area (Å²) in [4.78, 5) is 47.8. The number of rotatable bonds is 8. The van der Waals surface area contributed by atoms with Gasteiger partial charge in [0.2, 0.25) is 0 Å². The minimum atomic E-state index is -0.847. The van der Waals surface area contributed by atoms with E-state index in [-0.39, 0.29) is 39.9 Å². The maximum absolute atomic E-state index is 15.1. The number of carbonyl (C=O) groups excluding carboxylic acids is 3. The van der Waals surface area contributed by atoms with Crippen LogP contribution in [0.4, 0.5) is 20.2 Å². The minimum absolute atomic E-state index is 0.0256. The maximum Gasteiger partial charge on any atom is 0.279 e. The Morgan fingerprint density at radius 3 is 2.54 bits per heavy atom. The minimum Gasteiger partial charge on any atom is -0.364 e. The summed E-state index contributed by atoms with van der Waals surface area (Å²) < 4.78 is 28.4. The summed E-state index contributed by atoms with van der Waals surface area (Å²) in [5.41, 5.74) is 5.07. The molecule has 12 heteroatoms. The Balaban J connectivity index is 1.59. The highest BCUT2D eigenvalue weighted by Crippen LogP contribution is 2.26. The van der Waals surface area contributed by atoms with Crippen LogP contribution >= 0.6 is 11.6 Å². The van der Waals surface area contributed by atoms with Crippen LogP contribution in [0.25, 0.3) is 0 Å². The van der Waals surface area contributed by atoms with Crippen LogP contribution in [0.3, 0.4) is 0 Å². The highest BCUT2D eigenvalue weighted by Gasteiger charge is 2.26. The van der Waals surface area contributed by atoms with Crippen LogP contribution in [0.1, 0.15) is 50.6 Å². The van der Waals surface area contributed by atoms with Crippen LogP contribution in [0.15, 0.2) is 42.7 Å². The first-order valence-corrected chi connectivity index (χ1v) is 12.1. The number of amides is 3. The van der Waals surface area contributed by atoms with Gasteiger partial charge in [0.05, 0.1) is 22.6 Å². The standard InChI is InChI=1S/C25H25ClF2N6O3/c26-18-12-15(27)4-6-17(18)24(36)32-20-7-5-16(13-19(20)28)34(11-10-33-8-2-1-3-9-33)25(37)22-21(23(29)35)30-14-31-22/h4-7,12-14H,1-3,8-11H2,(H2,29,35)(H,30,31)(H,32,36). The van der Waals surface area contributed by atoms with Crippen molar-refractivity contribution in [2.45, 2.75) is 19.3 Å². The highest BCUT2D eigenvalue weighted by atomic mass is 35.5. The molecule has 1 aromatic heterocycles. The van der Waals surface area contributed by atoms with Crippen LogP contribution in [0.2, 0.25) is 5.02 Å². The third-order valence-corrected chi connectivity index (χ3v) is 6.42. The molecule has 3 amide bonds. The van der Waals surface area contributed by atoms with E-state index >= 15 is 4.39 Å². The van der Waals surface area contributed by atoms with Gasteiger partial charge in [0.25, 0.3) is 17.7 Å². The first-order chi connectivity index (χ1) is 17.7. The molecule has 4 N–H and O–H groups in total. The first-order valence-electron chi connectivity index (χ1n) is 11.7. The fourth-order valence-corrected chi connectivity index (χ4v) is 4.43. The molecule has 1 fully saturated rings. The van der Waals surface area contributed by atoms with E-state index < -0.39 is 29.4 Å². The van der Waals surface area contributed by atoms with Gasteiger partial charge in [-0.2, -0.15) is 0 Å². The number of hydrogen-bond donors (Lipinski definition) is 3. The van der Waals surface area contributed by atoms with Crippen LogP contribution in [0, 0.1) is 11.6 Å². The Morgan fingerprint density at radius 1 is 1.11 bits per heavy atom. The van der Waals surface area contributed by atoms with Crippen molar-refractivity contribution < 1.29 is 23.2 Å². The summed E-state index contributed by atoms with van der Waals surface area (Å²) in [6.07, 6.45) is 4.45. The summed E-state index contributed by atoms with van der Waals surface area (Å²) in [6, 6.07) is 7.13. The summed E-state index contributed by atoms with van der Waals surface area (Å²) in [5.74, 6) is -3.61. The van der Waals surface area contributed by atoms with E-state index in [9.17, 15) is 18.8 Å². The largest absolute Gasteiger partial charge is 0.364 e. The predicted molar refractivity (Wildman–Crippen MR) is 135 cm³/mol. The maximum atomic E-state index is 15.1. The monoisotopic (exact) mass is 530 g/mol. The first kappa shape index (κ1) is 26.2. The van der Waals surface area contributed by atoms with E-state index in [1.165, 1.54) is 29.4 Å². The van der Waals surface area contributed by atoms with E-state index in [1.807, 2.05) is 0 Å². The van der Waals surface area contributed by atoms with Crippen molar-refractivity contribution in [2.24, 2.45) is 5.73 Å². The lowest BCUT2D eigenvalue weighted by Gasteiger charge is -2.30. The molecule has 4 rings (SSSR count). The van der Waals surface area contributed by atoms with Gasteiger partial charge < -0.3 is 25.8 Å². The molecule has 3 aromatic rings. The average molecular weight is 531 g/mol. The van der Waals surface area contributed by atoms with Gasteiger partial charge in [-0.3, -0.25) is 14.4 Å². The van der Waals surface area contributed by atoms with Crippen LogP contribution in [0.5, 0.6) is 0 Å². The number of aromatic nitrogens is 2. The number of halogens is 3. The van der Waals surface area contributed by atoms with Gasteiger partial charge in [-0.05, 0) is 62.3 Å². The molecule has 194 valence electrons. The second-order valence-corrected chi connectivity index (χ2v) is 9.00. The third-order valence-electron chi connectivity index (χ3n) is 6.11. The average Bonchev–Trinajstić information content (AvgIpc) is 3.37. The summed E-state index contributed by atoms with van der Waals surface area (Å²) >= 11 is 5.93. The zero-order valence-electron chi connectivity index (χ0n) is 19.8. The van der Waals surface area contributed by atoms with Crippen LogP contribution in [-0.2, 0) is 0 Å². The van der Waals surface area contributed by atoms with Gasteiger partial charge in [0, 0.05) is 18.8 Å². The number of benzene rings is 2. The number of primary amides is 1.